The molecule has 1 aromatic carbocycles. The smallest absolute Gasteiger partial charge is 0.335 e. The molecule has 19 heavy (non-hydrogen) atoms. The van der Waals surface area contributed by atoms with E-state index in [2.05, 4.69) is 6.07 Å². The zero-order valence-corrected chi connectivity index (χ0v) is 11.2. The molecule has 5 heteroatoms. The molecule has 0 spiro atoms. The molecule has 0 aliphatic heterocycles. The van der Waals surface area contributed by atoms with E-state index in [0.29, 0.717) is 25.3 Å². The summed E-state index contributed by atoms with van der Waals surface area (Å²) in [6.07, 6.45) is 0.477. The summed E-state index contributed by atoms with van der Waals surface area (Å²) in [5, 5.41) is 17.5. The molecule has 0 saturated heterocycles. The molecule has 0 fully saturated rings. The van der Waals surface area contributed by atoms with Gasteiger partial charge < -0.3 is 9.84 Å². The lowest BCUT2D eigenvalue weighted by Gasteiger charge is -2.22. The van der Waals surface area contributed by atoms with E-state index >= 15 is 0 Å². The fourth-order valence-corrected chi connectivity index (χ4v) is 1.53. The molecule has 0 bridgehead atoms. The van der Waals surface area contributed by atoms with Crippen molar-refractivity contribution in [2.75, 3.05) is 20.2 Å². The summed E-state index contributed by atoms with van der Waals surface area (Å²) in [5.74, 6) is -0.425. The lowest BCUT2D eigenvalue weighted by Crippen LogP contribution is -2.32. The van der Waals surface area contributed by atoms with E-state index in [1.165, 1.54) is 12.1 Å². The maximum atomic E-state index is 10.8. The highest BCUT2D eigenvalue weighted by Gasteiger charge is 2.08. The number of nitriles is 1. The number of aromatic carboxylic acids is 1. The average molecular weight is 262 g/mol. The topological polar surface area (TPSA) is 73.6 Å². The van der Waals surface area contributed by atoms with Crippen molar-refractivity contribution in [3.05, 3.63) is 29.8 Å². The second-order valence-electron chi connectivity index (χ2n) is 4.37. The van der Waals surface area contributed by atoms with Gasteiger partial charge in [-0.2, -0.15) is 5.26 Å². The van der Waals surface area contributed by atoms with Crippen molar-refractivity contribution < 1.29 is 14.6 Å². The Morgan fingerprint density at radius 1 is 1.58 bits per heavy atom. The van der Waals surface area contributed by atoms with Gasteiger partial charge in [0.25, 0.3) is 0 Å². The molecular weight excluding hydrogens is 244 g/mol. The van der Waals surface area contributed by atoms with Gasteiger partial charge in [-0.3, -0.25) is 4.90 Å². The Morgan fingerprint density at radius 2 is 2.32 bits per heavy atom. The molecule has 1 rings (SSSR count). The van der Waals surface area contributed by atoms with Gasteiger partial charge in [-0.25, -0.2) is 4.79 Å². The first kappa shape index (κ1) is 15.0. The second kappa shape index (κ2) is 7.39. The van der Waals surface area contributed by atoms with E-state index in [0.717, 1.165) is 0 Å². The van der Waals surface area contributed by atoms with Gasteiger partial charge in [-0.1, -0.05) is 6.07 Å². The first-order chi connectivity index (χ1) is 9.04. The fraction of sp³-hybridized carbons (Fsp3) is 0.429. The summed E-state index contributed by atoms with van der Waals surface area (Å²) < 4.78 is 5.51. The SMILES string of the molecule is CC(CC#N)N(C)CCOc1cccc(C(=O)O)c1. The lowest BCUT2D eigenvalue weighted by atomic mass is 10.2. The Morgan fingerprint density at radius 3 is 2.95 bits per heavy atom. The number of hydrogen-bond acceptors (Lipinski definition) is 4. The molecule has 0 aromatic heterocycles. The number of rotatable bonds is 7. The third kappa shape index (κ3) is 4.98. The molecule has 1 N–H and O–H groups in total. The summed E-state index contributed by atoms with van der Waals surface area (Å²) in [4.78, 5) is 12.8. The quantitative estimate of drug-likeness (QED) is 0.813. The van der Waals surface area contributed by atoms with Crippen molar-refractivity contribution >= 4 is 5.97 Å². The van der Waals surface area contributed by atoms with Gasteiger partial charge in [0.2, 0.25) is 0 Å². The van der Waals surface area contributed by atoms with Crippen LogP contribution in [0, 0.1) is 11.3 Å². The number of likely N-dealkylation sites (N-methyl/N-ethyl adjacent to an activating group) is 1. The van der Waals surface area contributed by atoms with Crippen molar-refractivity contribution in [2.24, 2.45) is 0 Å². The Bertz CT molecular complexity index is 468. The number of hydrogen-bond donors (Lipinski definition) is 1. The minimum Gasteiger partial charge on any atom is -0.492 e. The normalized spacial score (nSPS) is 11.9. The zero-order valence-electron chi connectivity index (χ0n) is 11.2. The number of carboxylic acids is 1. The highest BCUT2D eigenvalue weighted by molar-refractivity contribution is 5.87. The van der Waals surface area contributed by atoms with Crippen LogP contribution in [0.4, 0.5) is 0 Å². The van der Waals surface area contributed by atoms with Crippen molar-refractivity contribution in [2.45, 2.75) is 19.4 Å². The molecule has 0 saturated carbocycles. The van der Waals surface area contributed by atoms with Crippen molar-refractivity contribution in [3.63, 3.8) is 0 Å². The molecule has 1 atom stereocenters. The molecular formula is C14H18N2O3. The van der Waals surface area contributed by atoms with Crippen LogP contribution in [0.2, 0.25) is 0 Å². The van der Waals surface area contributed by atoms with Gasteiger partial charge in [-0.15, -0.1) is 0 Å². The molecule has 0 heterocycles. The maximum absolute atomic E-state index is 10.8. The van der Waals surface area contributed by atoms with Crippen LogP contribution in [-0.4, -0.2) is 42.2 Å². The molecule has 0 aliphatic rings. The molecule has 1 unspecified atom stereocenters. The number of carbonyl (C=O) groups is 1. The van der Waals surface area contributed by atoms with Crippen LogP contribution in [0.1, 0.15) is 23.7 Å². The van der Waals surface area contributed by atoms with Crippen LogP contribution in [0.3, 0.4) is 0 Å². The van der Waals surface area contributed by atoms with Crippen molar-refractivity contribution in [3.8, 4) is 11.8 Å². The Balaban J connectivity index is 2.43. The number of ether oxygens (including phenoxy) is 1. The fourth-order valence-electron chi connectivity index (χ4n) is 1.53. The van der Waals surface area contributed by atoms with Crippen LogP contribution < -0.4 is 4.74 Å². The Labute approximate surface area is 113 Å². The third-order valence-electron chi connectivity index (χ3n) is 2.93. The van der Waals surface area contributed by atoms with Crippen LogP contribution in [0.15, 0.2) is 24.3 Å². The minimum atomic E-state index is -0.967. The monoisotopic (exact) mass is 262 g/mol. The van der Waals surface area contributed by atoms with Crippen LogP contribution in [0.25, 0.3) is 0 Å². The molecule has 102 valence electrons. The van der Waals surface area contributed by atoms with E-state index in [9.17, 15) is 4.79 Å². The van der Waals surface area contributed by atoms with Crippen LogP contribution in [-0.2, 0) is 0 Å². The second-order valence-corrected chi connectivity index (χ2v) is 4.37. The summed E-state index contributed by atoms with van der Waals surface area (Å²) in [5.41, 5.74) is 0.212. The average Bonchev–Trinajstić information content (AvgIpc) is 2.39. The number of nitrogens with zero attached hydrogens (tertiary/aromatic N) is 2. The number of benzene rings is 1. The molecule has 0 aliphatic carbocycles. The van der Waals surface area contributed by atoms with E-state index in [1.54, 1.807) is 12.1 Å². The Hall–Kier alpha value is -2.06. The van der Waals surface area contributed by atoms with E-state index < -0.39 is 5.97 Å². The largest absolute Gasteiger partial charge is 0.492 e. The van der Waals surface area contributed by atoms with Crippen LogP contribution in [0.5, 0.6) is 5.75 Å². The van der Waals surface area contributed by atoms with Gasteiger partial charge in [0.15, 0.2) is 0 Å². The first-order valence-corrected chi connectivity index (χ1v) is 6.08. The number of carboxylic acid groups (broad SMARTS) is 1. The summed E-state index contributed by atoms with van der Waals surface area (Å²) in [7, 11) is 1.93. The highest BCUT2D eigenvalue weighted by atomic mass is 16.5. The van der Waals surface area contributed by atoms with E-state index in [-0.39, 0.29) is 11.6 Å². The highest BCUT2D eigenvalue weighted by Crippen LogP contribution is 2.13. The van der Waals surface area contributed by atoms with E-state index in [1.807, 2.05) is 18.9 Å². The maximum Gasteiger partial charge on any atom is 0.335 e. The van der Waals surface area contributed by atoms with Gasteiger partial charge in [0, 0.05) is 12.6 Å². The predicted molar refractivity (Wildman–Crippen MR) is 71.2 cm³/mol. The Kier molecular flexibility index (Phi) is 5.83. The summed E-state index contributed by atoms with van der Waals surface area (Å²) in [6, 6.07) is 8.71. The lowest BCUT2D eigenvalue weighted by molar-refractivity contribution is 0.0696. The molecule has 1 aromatic rings. The van der Waals surface area contributed by atoms with Gasteiger partial charge in [0.05, 0.1) is 18.1 Å². The first-order valence-electron chi connectivity index (χ1n) is 6.08. The zero-order chi connectivity index (χ0) is 14.3. The summed E-state index contributed by atoms with van der Waals surface area (Å²) in [6.45, 7) is 3.11. The minimum absolute atomic E-state index is 0.180. The molecule has 0 amide bonds. The van der Waals surface area contributed by atoms with Gasteiger partial charge in [-0.05, 0) is 32.2 Å². The predicted octanol–water partition coefficient (Wildman–Crippen LogP) is 2.00. The van der Waals surface area contributed by atoms with Gasteiger partial charge >= 0.3 is 5.97 Å². The standard InChI is InChI=1S/C14H18N2O3/c1-11(6-7-15)16(2)8-9-19-13-5-3-4-12(10-13)14(17)18/h3-5,10-11H,6,8-9H2,1-2H3,(H,17,18). The van der Waals surface area contributed by atoms with Crippen molar-refractivity contribution in [1.82, 2.24) is 4.90 Å². The molecule has 0 radical (unpaired) electrons. The van der Waals surface area contributed by atoms with Crippen LogP contribution >= 0.6 is 0 Å². The van der Waals surface area contributed by atoms with Crippen molar-refractivity contribution in [1.29, 1.82) is 5.26 Å². The third-order valence-corrected chi connectivity index (χ3v) is 2.93. The van der Waals surface area contributed by atoms with E-state index in [4.69, 9.17) is 15.1 Å². The molecule has 5 nitrogen and oxygen atoms in total. The summed E-state index contributed by atoms with van der Waals surface area (Å²) >= 11 is 0. The van der Waals surface area contributed by atoms with Gasteiger partial charge in [0.1, 0.15) is 12.4 Å².